The third-order valence-electron chi connectivity index (χ3n) is 2.77. The number of aryl methyl sites for hydroxylation is 2. The molecule has 0 radical (unpaired) electrons. The molecule has 0 aromatic heterocycles. The fourth-order valence-corrected chi connectivity index (χ4v) is 2.78. The number of hydrogen-bond donors (Lipinski definition) is 1. The van der Waals surface area contributed by atoms with Crippen molar-refractivity contribution >= 4 is 21.7 Å². The van der Waals surface area contributed by atoms with Crippen LogP contribution in [0.3, 0.4) is 0 Å². The van der Waals surface area contributed by atoms with Gasteiger partial charge in [-0.1, -0.05) is 11.6 Å². The predicted octanol–water partition coefficient (Wildman–Crippen LogP) is 3.43. The topological polar surface area (TPSA) is 63.6 Å². The van der Waals surface area contributed by atoms with E-state index in [2.05, 4.69) is 0 Å². The van der Waals surface area contributed by atoms with E-state index in [9.17, 15) is 13.5 Å². The molecular formula is C14H13ClO4S. The Hall–Kier alpha value is -1.72. The number of rotatable bonds is 3. The molecule has 0 spiro atoms. The van der Waals surface area contributed by atoms with Gasteiger partial charge >= 0.3 is 10.1 Å². The molecule has 2 aromatic rings. The molecule has 0 saturated heterocycles. The molecule has 0 fully saturated rings. The zero-order valence-corrected chi connectivity index (χ0v) is 12.5. The first-order valence-corrected chi connectivity index (χ1v) is 7.58. The average molecular weight is 313 g/mol. The van der Waals surface area contributed by atoms with Crippen molar-refractivity contribution in [2.75, 3.05) is 0 Å². The van der Waals surface area contributed by atoms with Crippen LogP contribution in [-0.4, -0.2) is 13.5 Å². The SMILES string of the molecule is Cc1cc(OS(=O)(=O)c2ccc(Cl)cc2)cc(C)c1O. The van der Waals surface area contributed by atoms with E-state index in [1.807, 2.05) is 0 Å². The van der Waals surface area contributed by atoms with Gasteiger partial charge in [0, 0.05) is 5.02 Å². The highest BCUT2D eigenvalue weighted by Crippen LogP contribution is 2.29. The Bertz CT molecular complexity index is 713. The Morgan fingerprint density at radius 1 is 1.05 bits per heavy atom. The maximum absolute atomic E-state index is 12.1. The van der Waals surface area contributed by atoms with Crippen LogP contribution in [0.2, 0.25) is 5.02 Å². The number of phenolic OH excluding ortho intramolecular Hbond substituents is 1. The summed E-state index contributed by atoms with van der Waals surface area (Å²) in [6.07, 6.45) is 0. The van der Waals surface area contributed by atoms with E-state index in [-0.39, 0.29) is 16.4 Å². The van der Waals surface area contributed by atoms with Crippen LogP contribution in [0.5, 0.6) is 11.5 Å². The first-order chi connectivity index (χ1) is 9.29. The van der Waals surface area contributed by atoms with Crippen molar-refractivity contribution in [3.8, 4) is 11.5 Å². The minimum absolute atomic E-state index is 0.0188. The minimum atomic E-state index is -3.92. The maximum Gasteiger partial charge on any atom is 0.339 e. The Morgan fingerprint density at radius 2 is 1.55 bits per heavy atom. The first-order valence-electron chi connectivity index (χ1n) is 5.80. The van der Waals surface area contributed by atoms with Gasteiger partial charge < -0.3 is 9.29 Å². The van der Waals surface area contributed by atoms with Gasteiger partial charge in [0.1, 0.15) is 16.4 Å². The van der Waals surface area contributed by atoms with Gasteiger partial charge in [0.2, 0.25) is 0 Å². The standard InChI is InChI=1S/C14H13ClO4S/c1-9-7-12(8-10(2)14(9)16)19-20(17,18)13-5-3-11(15)4-6-13/h3-8,16H,1-2H3. The summed E-state index contributed by atoms with van der Waals surface area (Å²) in [5.41, 5.74) is 1.10. The van der Waals surface area contributed by atoms with Crippen LogP contribution in [0.25, 0.3) is 0 Å². The molecule has 0 bridgehead atoms. The molecule has 0 aliphatic heterocycles. The fourth-order valence-electron chi connectivity index (χ4n) is 1.74. The van der Waals surface area contributed by atoms with Gasteiger partial charge in [-0.25, -0.2) is 0 Å². The molecule has 20 heavy (non-hydrogen) atoms. The maximum atomic E-state index is 12.1. The molecule has 6 heteroatoms. The van der Waals surface area contributed by atoms with Crippen molar-refractivity contribution in [2.45, 2.75) is 18.7 Å². The third-order valence-corrected chi connectivity index (χ3v) is 4.29. The summed E-state index contributed by atoms with van der Waals surface area (Å²) in [5, 5.41) is 10.1. The van der Waals surface area contributed by atoms with E-state index < -0.39 is 10.1 Å². The van der Waals surface area contributed by atoms with Crippen molar-refractivity contribution in [1.82, 2.24) is 0 Å². The van der Waals surface area contributed by atoms with Gasteiger partial charge in [-0.05, 0) is 61.4 Å². The molecule has 0 amide bonds. The van der Waals surface area contributed by atoms with E-state index in [0.717, 1.165) is 0 Å². The first kappa shape index (κ1) is 14.7. The van der Waals surface area contributed by atoms with E-state index in [1.54, 1.807) is 13.8 Å². The van der Waals surface area contributed by atoms with Crippen molar-refractivity contribution in [3.05, 3.63) is 52.5 Å². The number of phenols is 1. The van der Waals surface area contributed by atoms with Crippen molar-refractivity contribution < 1.29 is 17.7 Å². The van der Waals surface area contributed by atoms with Gasteiger partial charge in [0.05, 0.1) is 0 Å². The smallest absolute Gasteiger partial charge is 0.339 e. The molecule has 0 aliphatic carbocycles. The fraction of sp³-hybridized carbons (Fsp3) is 0.143. The second-order valence-electron chi connectivity index (χ2n) is 4.40. The summed E-state index contributed by atoms with van der Waals surface area (Å²) < 4.78 is 29.2. The normalized spacial score (nSPS) is 11.3. The highest BCUT2D eigenvalue weighted by Gasteiger charge is 2.17. The van der Waals surface area contributed by atoms with Crippen LogP contribution in [0.4, 0.5) is 0 Å². The molecule has 0 unspecified atom stereocenters. The molecular weight excluding hydrogens is 300 g/mol. The molecule has 0 heterocycles. The van der Waals surface area contributed by atoms with Crippen LogP contribution in [-0.2, 0) is 10.1 Å². The van der Waals surface area contributed by atoms with E-state index in [0.29, 0.717) is 16.1 Å². The zero-order valence-electron chi connectivity index (χ0n) is 10.9. The summed E-state index contributed by atoms with van der Waals surface area (Å²) in [6.45, 7) is 3.34. The molecule has 0 aliphatic rings. The molecule has 2 rings (SSSR count). The molecule has 2 aromatic carbocycles. The third kappa shape index (κ3) is 3.05. The van der Waals surface area contributed by atoms with Gasteiger partial charge in [0.15, 0.2) is 0 Å². The average Bonchev–Trinajstić information content (AvgIpc) is 2.36. The molecule has 0 saturated carbocycles. The van der Waals surface area contributed by atoms with Crippen LogP contribution < -0.4 is 4.18 Å². The van der Waals surface area contributed by atoms with Crippen molar-refractivity contribution in [1.29, 1.82) is 0 Å². The van der Waals surface area contributed by atoms with E-state index in [1.165, 1.54) is 36.4 Å². The second-order valence-corrected chi connectivity index (χ2v) is 6.38. The number of hydrogen-bond acceptors (Lipinski definition) is 4. The van der Waals surface area contributed by atoms with Crippen LogP contribution in [0, 0.1) is 13.8 Å². The second kappa shape index (κ2) is 5.34. The summed E-state index contributed by atoms with van der Waals surface area (Å²) in [6, 6.07) is 8.64. The van der Waals surface area contributed by atoms with Gasteiger partial charge in [-0.15, -0.1) is 0 Å². The zero-order chi connectivity index (χ0) is 14.9. The van der Waals surface area contributed by atoms with Gasteiger partial charge in [-0.2, -0.15) is 8.42 Å². The van der Waals surface area contributed by atoms with Crippen LogP contribution in [0.15, 0.2) is 41.3 Å². The number of halogens is 1. The minimum Gasteiger partial charge on any atom is -0.507 e. The highest BCUT2D eigenvalue weighted by atomic mass is 35.5. The highest BCUT2D eigenvalue weighted by molar-refractivity contribution is 7.87. The molecule has 106 valence electrons. The largest absolute Gasteiger partial charge is 0.507 e. The summed E-state index contributed by atoms with van der Waals surface area (Å²) in [5.74, 6) is 0.286. The lowest BCUT2D eigenvalue weighted by Crippen LogP contribution is -2.09. The monoisotopic (exact) mass is 312 g/mol. The molecule has 1 N–H and O–H groups in total. The Kier molecular flexibility index (Phi) is 3.92. The van der Waals surface area contributed by atoms with Crippen molar-refractivity contribution in [2.24, 2.45) is 0 Å². The predicted molar refractivity (Wildman–Crippen MR) is 76.8 cm³/mol. The van der Waals surface area contributed by atoms with Crippen LogP contribution >= 0.6 is 11.6 Å². The van der Waals surface area contributed by atoms with E-state index >= 15 is 0 Å². The van der Waals surface area contributed by atoms with Crippen LogP contribution in [0.1, 0.15) is 11.1 Å². The number of aromatic hydroxyl groups is 1. The number of benzene rings is 2. The lowest BCUT2D eigenvalue weighted by molar-refractivity contribution is 0.461. The summed E-state index contributed by atoms with van der Waals surface area (Å²) in [7, 11) is -3.92. The quantitative estimate of drug-likeness (QED) is 0.882. The lowest BCUT2D eigenvalue weighted by atomic mass is 10.1. The summed E-state index contributed by atoms with van der Waals surface area (Å²) in [4.78, 5) is 0.0188. The molecule has 0 atom stereocenters. The van der Waals surface area contributed by atoms with E-state index in [4.69, 9.17) is 15.8 Å². The van der Waals surface area contributed by atoms with Gasteiger partial charge in [0.25, 0.3) is 0 Å². The van der Waals surface area contributed by atoms with Gasteiger partial charge in [-0.3, -0.25) is 0 Å². The Morgan fingerprint density at radius 3 is 2.05 bits per heavy atom. The lowest BCUT2D eigenvalue weighted by Gasteiger charge is -2.10. The molecule has 4 nitrogen and oxygen atoms in total. The Labute approximate surface area is 122 Å². The van der Waals surface area contributed by atoms with Crippen molar-refractivity contribution in [3.63, 3.8) is 0 Å². The Balaban J connectivity index is 2.36. The summed E-state index contributed by atoms with van der Waals surface area (Å²) >= 11 is 5.72.